The number of carboxylic acids is 1. The van der Waals surface area contributed by atoms with Crippen molar-refractivity contribution >= 4 is 12.0 Å². The summed E-state index contributed by atoms with van der Waals surface area (Å²) >= 11 is 0. The molecule has 45 heavy (non-hydrogen) atoms. The van der Waals surface area contributed by atoms with Crippen LogP contribution < -0.4 is 4.74 Å². The van der Waals surface area contributed by atoms with Gasteiger partial charge in [-0.2, -0.15) is 0 Å². The average molecular weight is 623 g/mol. The first-order valence-electron chi connectivity index (χ1n) is 15.8. The number of amides is 2. The summed E-state index contributed by atoms with van der Waals surface area (Å²) < 4.78 is 25.1. The average Bonchev–Trinajstić information content (AvgIpc) is 3.40. The fourth-order valence-corrected chi connectivity index (χ4v) is 6.16. The molecular formula is C35H47FN4O5. The number of allylic oxidation sites excluding steroid dienone is 2. The molecule has 2 amide bonds. The SMILES string of the molecule is C/C=C/C.C=C(CF)C1CN(C2CCOCC2)C(=O)N1C1CCN(Cc2ccc(Oc3ccc(C(=O)O)cc3C)nc2C)CC1. The molecule has 3 fully saturated rings. The second kappa shape index (κ2) is 16.0. The van der Waals surface area contributed by atoms with E-state index in [0.717, 1.165) is 62.1 Å². The van der Waals surface area contributed by atoms with Crippen molar-refractivity contribution in [3.05, 3.63) is 77.0 Å². The molecule has 0 saturated carbocycles. The van der Waals surface area contributed by atoms with Crippen LogP contribution in [-0.2, 0) is 11.3 Å². The van der Waals surface area contributed by atoms with Crippen LogP contribution in [0.4, 0.5) is 9.18 Å². The molecule has 0 aliphatic carbocycles. The molecule has 3 aliphatic heterocycles. The van der Waals surface area contributed by atoms with Gasteiger partial charge in [0.25, 0.3) is 0 Å². The number of benzene rings is 1. The van der Waals surface area contributed by atoms with Gasteiger partial charge in [-0.3, -0.25) is 4.90 Å². The van der Waals surface area contributed by atoms with Crippen molar-refractivity contribution in [2.45, 2.75) is 78.0 Å². The number of hydrogen-bond donors (Lipinski definition) is 1. The summed E-state index contributed by atoms with van der Waals surface area (Å²) in [5.41, 5.74) is 3.38. The van der Waals surface area contributed by atoms with Crippen LogP contribution in [0.1, 0.15) is 66.7 Å². The Morgan fingerprint density at radius 3 is 2.36 bits per heavy atom. The lowest BCUT2D eigenvalue weighted by Crippen LogP contribution is -2.50. The van der Waals surface area contributed by atoms with Crippen molar-refractivity contribution in [2.24, 2.45) is 0 Å². The van der Waals surface area contributed by atoms with Gasteiger partial charge in [-0.25, -0.2) is 19.0 Å². The highest BCUT2D eigenvalue weighted by Crippen LogP contribution is 2.32. The van der Waals surface area contributed by atoms with Crippen molar-refractivity contribution in [3.63, 3.8) is 0 Å². The van der Waals surface area contributed by atoms with Gasteiger partial charge < -0.3 is 24.4 Å². The molecule has 1 aromatic carbocycles. The van der Waals surface area contributed by atoms with Crippen molar-refractivity contribution in [1.82, 2.24) is 19.7 Å². The molecule has 1 N–H and O–H groups in total. The number of carbonyl (C=O) groups is 2. The minimum atomic E-state index is -0.976. The highest BCUT2D eigenvalue weighted by Gasteiger charge is 2.45. The molecule has 0 bridgehead atoms. The Morgan fingerprint density at radius 1 is 1.09 bits per heavy atom. The van der Waals surface area contributed by atoms with Gasteiger partial charge in [-0.05, 0) is 88.3 Å². The molecule has 5 rings (SSSR count). The number of aryl methyl sites for hydroxylation is 2. The van der Waals surface area contributed by atoms with Crippen LogP contribution in [0, 0.1) is 13.8 Å². The quantitative estimate of drug-likeness (QED) is 0.317. The van der Waals surface area contributed by atoms with E-state index in [9.17, 15) is 19.1 Å². The monoisotopic (exact) mass is 622 g/mol. The van der Waals surface area contributed by atoms with Crippen molar-refractivity contribution < 1.29 is 28.6 Å². The molecule has 1 atom stereocenters. The third-order valence-corrected chi connectivity index (χ3v) is 8.93. The van der Waals surface area contributed by atoms with Gasteiger partial charge >= 0.3 is 12.0 Å². The van der Waals surface area contributed by atoms with E-state index in [1.54, 1.807) is 19.1 Å². The topological polar surface area (TPSA) is 95.4 Å². The number of rotatable bonds is 9. The largest absolute Gasteiger partial charge is 0.478 e. The van der Waals surface area contributed by atoms with Gasteiger partial charge in [0.2, 0.25) is 5.88 Å². The van der Waals surface area contributed by atoms with E-state index in [1.807, 2.05) is 54.9 Å². The van der Waals surface area contributed by atoms with Gasteiger partial charge in [0.05, 0.1) is 11.6 Å². The predicted octanol–water partition coefficient (Wildman–Crippen LogP) is 6.55. The van der Waals surface area contributed by atoms with Crippen LogP contribution in [0.5, 0.6) is 11.6 Å². The van der Waals surface area contributed by atoms with E-state index in [-0.39, 0.29) is 29.7 Å². The number of aromatic nitrogens is 1. The van der Waals surface area contributed by atoms with E-state index in [0.29, 0.717) is 37.0 Å². The van der Waals surface area contributed by atoms with Crippen LogP contribution >= 0.6 is 0 Å². The molecule has 9 nitrogen and oxygen atoms in total. The lowest BCUT2D eigenvalue weighted by Gasteiger charge is -2.39. The number of carboxylic acid groups (broad SMARTS) is 1. The summed E-state index contributed by atoms with van der Waals surface area (Å²) in [6, 6.07) is 8.53. The number of likely N-dealkylation sites (tertiary alicyclic amines) is 1. The number of pyridine rings is 1. The highest BCUT2D eigenvalue weighted by molar-refractivity contribution is 5.88. The van der Waals surface area contributed by atoms with E-state index < -0.39 is 12.6 Å². The van der Waals surface area contributed by atoms with Gasteiger partial charge in [-0.15, -0.1) is 0 Å². The maximum absolute atomic E-state index is 13.7. The summed E-state index contributed by atoms with van der Waals surface area (Å²) in [5, 5.41) is 9.18. The van der Waals surface area contributed by atoms with Crippen LogP contribution in [0.15, 0.2) is 54.6 Å². The number of ether oxygens (including phenoxy) is 2. The second-order valence-corrected chi connectivity index (χ2v) is 11.9. The third kappa shape index (κ3) is 8.49. The number of halogens is 1. The molecule has 10 heteroatoms. The number of nitrogens with zero attached hydrogens (tertiary/aromatic N) is 4. The maximum atomic E-state index is 13.7. The summed E-state index contributed by atoms with van der Waals surface area (Å²) in [5.74, 6) is 0.0465. The molecule has 3 saturated heterocycles. The first kappa shape index (κ1) is 34.1. The van der Waals surface area contributed by atoms with Gasteiger partial charge in [0.1, 0.15) is 12.4 Å². The molecule has 3 aliphatic rings. The van der Waals surface area contributed by atoms with Crippen molar-refractivity contribution in [1.29, 1.82) is 0 Å². The molecule has 4 heterocycles. The lowest BCUT2D eigenvalue weighted by atomic mass is 9.99. The van der Waals surface area contributed by atoms with E-state index >= 15 is 0 Å². The summed E-state index contributed by atoms with van der Waals surface area (Å²) in [4.78, 5) is 35.6. The Balaban J connectivity index is 0.00000109. The number of carbonyl (C=O) groups excluding carboxylic acids is 1. The second-order valence-electron chi connectivity index (χ2n) is 11.9. The smallest absolute Gasteiger partial charge is 0.335 e. The Hall–Kier alpha value is -3.76. The normalized spacial score (nSPS) is 19.9. The molecule has 0 radical (unpaired) electrons. The van der Waals surface area contributed by atoms with Gasteiger partial charge in [-0.1, -0.05) is 24.8 Å². The summed E-state index contributed by atoms with van der Waals surface area (Å²) in [7, 11) is 0. The fourth-order valence-electron chi connectivity index (χ4n) is 6.16. The molecule has 1 unspecified atom stereocenters. The number of piperidine rings is 1. The molecule has 1 aromatic heterocycles. The highest BCUT2D eigenvalue weighted by atomic mass is 19.1. The van der Waals surface area contributed by atoms with Gasteiger partial charge in [0, 0.05) is 63.2 Å². The first-order chi connectivity index (χ1) is 21.7. The first-order valence-corrected chi connectivity index (χ1v) is 15.8. The predicted molar refractivity (Wildman–Crippen MR) is 173 cm³/mol. The van der Waals surface area contributed by atoms with Crippen molar-refractivity contribution in [2.75, 3.05) is 39.5 Å². The zero-order chi connectivity index (χ0) is 32.5. The summed E-state index contributed by atoms with van der Waals surface area (Å²) in [6.45, 7) is 15.3. The van der Waals surface area contributed by atoms with E-state index in [2.05, 4.69) is 16.5 Å². The summed E-state index contributed by atoms with van der Waals surface area (Å²) in [6.07, 6.45) is 7.28. The Labute approximate surface area is 266 Å². The van der Waals surface area contributed by atoms with E-state index in [1.165, 1.54) is 6.07 Å². The van der Waals surface area contributed by atoms with Crippen LogP contribution in [0.2, 0.25) is 0 Å². The minimum absolute atomic E-state index is 0.0124. The lowest BCUT2D eigenvalue weighted by molar-refractivity contribution is 0.0493. The Kier molecular flexibility index (Phi) is 12.1. The molecular weight excluding hydrogens is 575 g/mol. The van der Waals surface area contributed by atoms with Crippen LogP contribution in [-0.4, -0.2) is 94.4 Å². The Morgan fingerprint density at radius 2 is 1.78 bits per heavy atom. The van der Waals surface area contributed by atoms with Crippen LogP contribution in [0.3, 0.4) is 0 Å². The van der Waals surface area contributed by atoms with Gasteiger partial charge in [0.15, 0.2) is 0 Å². The number of aromatic carboxylic acids is 1. The zero-order valence-electron chi connectivity index (χ0n) is 27.0. The molecule has 244 valence electrons. The molecule has 0 spiro atoms. The minimum Gasteiger partial charge on any atom is -0.478 e. The molecule has 2 aromatic rings. The Bertz CT molecular complexity index is 1360. The van der Waals surface area contributed by atoms with Crippen molar-refractivity contribution in [3.8, 4) is 11.6 Å². The number of alkyl halides is 1. The third-order valence-electron chi connectivity index (χ3n) is 8.93. The van der Waals surface area contributed by atoms with Crippen LogP contribution in [0.25, 0.3) is 0 Å². The zero-order valence-corrected chi connectivity index (χ0v) is 27.0. The maximum Gasteiger partial charge on any atom is 0.335 e. The standard InChI is InChI=1S/C31H39FN4O5.C4H8/c1-20-16-23(30(37)38)4-6-28(20)41-29-7-5-24(22(3)33-29)18-34-12-8-26(9-13-34)36-27(21(2)17-32)19-35(31(36)39)25-10-14-40-15-11-25;1-3-4-2/h4-7,16,25-27H,2,8-15,17-19H2,1,3H3,(H,37,38);3-4H,1-2H3/b;4-3+. The fraction of sp³-hybridized carbons (Fsp3) is 0.514. The number of urea groups is 1. The van der Waals surface area contributed by atoms with E-state index in [4.69, 9.17) is 9.47 Å². The number of hydrogen-bond acceptors (Lipinski definition) is 6.